The molecule has 0 aliphatic rings. The van der Waals surface area contributed by atoms with Crippen LogP contribution in [0.3, 0.4) is 0 Å². The quantitative estimate of drug-likeness (QED) is 0.421. The molecule has 3 aromatic rings. The Morgan fingerprint density at radius 2 is 2.07 bits per heavy atom. The van der Waals surface area contributed by atoms with Crippen molar-refractivity contribution in [3.05, 3.63) is 63.9 Å². The van der Waals surface area contributed by atoms with Gasteiger partial charge in [0, 0.05) is 45.9 Å². The lowest BCUT2D eigenvalue weighted by atomic mass is 10.1. The summed E-state index contributed by atoms with van der Waals surface area (Å²) in [6, 6.07) is 3.12. The molecule has 0 saturated heterocycles. The van der Waals surface area contributed by atoms with Crippen molar-refractivity contribution in [2.45, 2.75) is 51.9 Å². The fourth-order valence-electron chi connectivity index (χ4n) is 2.82. The van der Waals surface area contributed by atoms with Crippen LogP contribution in [0.1, 0.15) is 33.6 Å². The van der Waals surface area contributed by atoms with E-state index >= 15 is 0 Å². The minimum absolute atomic E-state index is 0.387. The summed E-state index contributed by atoms with van der Waals surface area (Å²) < 4.78 is 7.83. The molecule has 3 rings (SSSR count). The van der Waals surface area contributed by atoms with Crippen LogP contribution in [0.2, 0.25) is 25.7 Å². The highest BCUT2D eigenvalue weighted by atomic mass is 32.1. The normalized spacial score (nSPS) is 13.0. The monoisotopic (exact) mass is 416 g/mol. The average molecular weight is 417 g/mol. The minimum atomic E-state index is -1.14. The van der Waals surface area contributed by atoms with Gasteiger partial charge in [-0.1, -0.05) is 19.6 Å². The lowest BCUT2D eigenvalue weighted by molar-refractivity contribution is 0.0788. The van der Waals surface area contributed by atoms with Gasteiger partial charge in [-0.2, -0.15) is 0 Å². The number of aromatic nitrogens is 4. The van der Waals surface area contributed by atoms with Crippen LogP contribution in [0.5, 0.6) is 0 Å². The van der Waals surface area contributed by atoms with Crippen molar-refractivity contribution in [3.8, 4) is 0 Å². The SMILES string of the molecule is Cc1cnccc1Cc1cn(COCC[Si](C)(C)C)c(C(O)c2cncs2)n1. The smallest absolute Gasteiger partial charge is 0.147 e. The van der Waals surface area contributed by atoms with Crippen LogP contribution in [0, 0.1) is 6.92 Å². The number of thiazole rings is 1. The van der Waals surface area contributed by atoms with Crippen molar-refractivity contribution >= 4 is 19.4 Å². The highest BCUT2D eigenvalue weighted by Crippen LogP contribution is 2.25. The molecule has 0 spiro atoms. The van der Waals surface area contributed by atoms with Gasteiger partial charge in [0.1, 0.15) is 18.7 Å². The molecule has 3 aromatic heterocycles. The first-order chi connectivity index (χ1) is 13.3. The number of hydrogen-bond acceptors (Lipinski definition) is 6. The van der Waals surface area contributed by atoms with Crippen molar-refractivity contribution in [1.82, 2.24) is 19.5 Å². The van der Waals surface area contributed by atoms with Crippen molar-refractivity contribution in [2.75, 3.05) is 6.61 Å². The van der Waals surface area contributed by atoms with Crippen LogP contribution in [0.25, 0.3) is 0 Å². The largest absolute Gasteiger partial charge is 0.379 e. The molecule has 0 radical (unpaired) electrons. The summed E-state index contributed by atoms with van der Waals surface area (Å²) in [5, 5.41) is 10.8. The number of nitrogens with zero attached hydrogens (tertiary/aromatic N) is 4. The minimum Gasteiger partial charge on any atom is -0.379 e. The number of aliphatic hydroxyl groups is 1. The molecule has 0 amide bonds. The Morgan fingerprint density at radius 1 is 1.25 bits per heavy atom. The summed E-state index contributed by atoms with van der Waals surface area (Å²) in [4.78, 5) is 13.7. The number of hydrogen-bond donors (Lipinski definition) is 1. The predicted octanol–water partition coefficient (Wildman–Crippen LogP) is 4.03. The van der Waals surface area contributed by atoms with E-state index in [4.69, 9.17) is 9.72 Å². The van der Waals surface area contributed by atoms with Gasteiger partial charge in [-0.3, -0.25) is 9.97 Å². The highest BCUT2D eigenvalue weighted by molar-refractivity contribution is 7.09. The number of pyridine rings is 1. The molecule has 0 saturated carbocycles. The summed E-state index contributed by atoms with van der Waals surface area (Å²) in [5.74, 6) is 0.596. The van der Waals surface area contributed by atoms with Crippen molar-refractivity contribution < 1.29 is 9.84 Å². The molecule has 0 aliphatic heterocycles. The molecule has 1 unspecified atom stereocenters. The van der Waals surface area contributed by atoms with E-state index in [0.717, 1.165) is 28.8 Å². The molecule has 28 heavy (non-hydrogen) atoms. The second kappa shape index (κ2) is 9.08. The van der Waals surface area contributed by atoms with E-state index < -0.39 is 14.2 Å². The van der Waals surface area contributed by atoms with E-state index in [-0.39, 0.29) is 0 Å². The van der Waals surface area contributed by atoms with E-state index in [1.165, 1.54) is 16.9 Å². The molecule has 0 bridgehead atoms. The van der Waals surface area contributed by atoms with Gasteiger partial charge in [0.25, 0.3) is 0 Å². The lowest BCUT2D eigenvalue weighted by Crippen LogP contribution is -2.22. The second-order valence-electron chi connectivity index (χ2n) is 8.19. The molecular weight excluding hydrogens is 388 g/mol. The van der Waals surface area contributed by atoms with Crippen LogP contribution in [-0.2, 0) is 17.9 Å². The highest BCUT2D eigenvalue weighted by Gasteiger charge is 2.20. The maximum atomic E-state index is 10.8. The molecule has 6 nitrogen and oxygen atoms in total. The molecule has 8 heteroatoms. The van der Waals surface area contributed by atoms with Gasteiger partial charge in [0.15, 0.2) is 0 Å². The maximum absolute atomic E-state index is 10.8. The van der Waals surface area contributed by atoms with Crippen LogP contribution >= 0.6 is 11.3 Å². The second-order valence-corrected chi connectivity index (χ2v) is 14.7. The van der Waals surface area contributed by atoms with E-state index in [1.54, 1.807) is 17.9 Å². The number of imidazole rings is 1. The summed E-state index contributed by atoms with van der Waals surface area (Å²) in [6.45, 7) is 10.2. The fourth-order valence-corrected chi connectivity index (χ4v) is 4.17. The number of rotatable bonds is 9. The van der Waals surface area contributed by atoms with Crippen LogP contribution in [-0.4, -0.2) is 39.3 Å². The molecule has 0 fully saturated rings. The molecule has 0 aromatic carbocycles. The third kappa shape index (κ3) is 5.57. The zero-order chi connectivity index (χ0) is 20.1. The van der Waals surface area contributed by atoms with Gasteiger partial charge in [0.05, 0.1) is 16.1 Å². The predicted molar refractivity (Wildman–Crippen MR) is 114 cm³/mol. The van der Waals surface area contributed by atoms with E-state index in [2.05, 4.69) is 29.6 Å². The van der Waals surface area contributed by atoms with E-state index in [0.29, 0.717) is 19.0 Å². The molecule has 3 heterocycles. The van der Waals surface area contributed by atoms with Gasteiger partial charge >= 0.3 is 0 Å². The number of aryl methyl sites for hydroxylation is 1. The summed E-state index contributed by atoms with van der Waals surface area (Å²) >= 11 is 1.42. The van der Waals surface area contributed by atoms with Gasteiger partial charge in [-0.15, -0.1) is 11.3 Å². The Bertz CT molecular complexity index is 890. The summed E-state index contributed by atoms with van der Waals surface area (Å²) in [7, 11) is -1.14. The summed E-state index contributed by atoms with van der Waals surface area (Å²) in [6.07, 6.45) is 7.21. The Kier molecular flexibility index (Phi) is 6.76. The fraction of sp³-hybridized carbons (Fsp3) is 0.450. The molecule has 0 aliphatic carbocycles. The molecule has 1 atom stereocenters. The van der Waals surface area contributed by atoms with Gasteiger partial charge < -0.3 is 14.4 Å². The standard InChI is InChI=1S/C20H28N4O2SSi/c1-15-10-21-6-5-16(15)9-17-12-24(14-26-7-8-28(2,3)4)20(23-17)19(25)18-11-22-13-27-18/h5-6,10-13,19,25H,7-9,14H2,1-4H3. The third-order valence-electron chi connectivity index (χ3n) is 4.56. The average Bonchev–Trinajstić information content (AvgIpc) is 3.29. The van der Waals surface area contributed by atoms with Gasteiger partial charge in [-0.25, -0.2) is 4.98 Å². The van der Waals surface area contributed by atoms with Crippen molar-refractivity contribution in [3.63, 3.8) is 0 Å². The first-order valence-electron chi connectivity index (χ1n) is 9.43. The zero-order valence-electron chi connectivity index (χ0n) is 16.9. The Morgan fingerprint density at radius 3 is 2.75 bits per heavy atom. The van der Waals surface area contributed by atoms with Gasteiger partial charge in [0.2, 0.25) is 0 Å². The Balaban J connectivity index is 1.79. The van der Waals surface area contributed by atoms with Crippen LogP contribution in [0.4, 0.5) is 0 Å². The third-order valence-corrected chi connectivity index (χ3v) is 7.09. The van der Waals surface area contributed by atoms with Crippen LogP contribution < -0.4 is 0 Å². The summed E-state index contributed by atoms with van der Waals surface area (Å²) in [5.41, 5.74) is 4.94. The number of aliphatic hydroxyl groups excluding tert-OH is 1. The van der Waals surface area contributed by atoms with E-state index in [9.17, 15) is 5.11 Å². The van der Waals surface area contributed by atoms with E-state index in [1.807, 2.05) is 30.0 Å². The van der Waals surface area contributed by atoms with Crippen molar-refractivity contribution in [2.24, 2.45) is 0 Å². The lowest BCUT2D eigenvalue weighted by Gasteiger charge is -2.16. The first kappa shape index (κ1) is 20.9. The Hall–Kier alpha value is -1.87. The zero-order valence-corrected chi connectivity index (χ0v) is 18.7. The van der Waals surface area contributed by atoms with Crippen molar-refractivity contribution in [1.29, 1.82) is 0 Å². The topological polar surface area (TPSA) is 73.1 Å². The first-order valence-corrected chi connectivity index (χ1v) is 14.0. The Labute approximate surface area is 171 Å². The number of ether oxygens (including phenoxy) is 1. The maximum Gasteiger partial charge on any atom is 0.147 e. The molecular formula is C20H28N4O2SSi. The molecule has 1 N–H and O–H groups in total. The molecule has 150 valence electrons. The van der Waals surface area contributed by atoms with Gasteiger partial charge in [-0.05, 0) is 30.2 Å². The van der Waals surface area contributed by atoms with Crippen LogP contribution in [0.15, 0.2) is 36.4 Å².